The van der Waals surface area contributed by atoms with Gasteiger partial charge >= 0.3 is 6.03 Å². The molecule has 0 unspecified atom stereocenters. The van der Waals surface area contributed by atoms with Crippen molar-refractivity contribution < 1.29 is 14.4 Å². The molecule has 1 aromatic rings. The summed E-state index contributed by atoms with van der Waals surface area (Å²) in [5, 5.41) is 6.46. The minimum atomic E-state index is -0.225. The van der Waals surface area contributed by atoms with Crippen LogP contribution in [0.2, 0.25) is 0 Å². The molecule has 2 aliphatic heterocycles. The molecule has 0 aromatic carbocycles. The maximum Gasteiger partial charge on any atom is 0.317 e. The first kappa shape index (κ1) is 17.7. The van der Waals surface area contributed by atoms with Crippen molar-refractivity contribution in [1.29, 1.82) is 0 Å². The Labute approximate surface area is 151 Å². The molecular weight excluding hydrogens is 340 g/mol. The second-order valence-electron chi connectivity index (χ2n) is 6.39. The number of nitrogens with one attached hydrogen (secondary N) is 1. The number of rotatable bonds is 3. The predicted molar refractivity (Wildman–Crippen MR) is 95.6 cm³/mol. The minimum Gasteiger partial charge on any atom is -0.341 e. The van der Waals surface area contributed by atoms with Crippen LogP contribution in [0.4, 0.5) is 4.79 Å². The van der Waals surface area contributed by atoms with E-state index >= 15 is 0 Å². The van der Waals surface area contributed by atoms with Gasteiger partial charge in [0.15, 0.2) is 0 Å². The largest absolute Gasteiger partial charge is 0.341 e. The summed E-state index contributed by atoms with van der Waals surface area (Å²) in [6.07, 6.45) is 2.82. The molecule has 0 spiro atoms. The summed E-state index contributed by atoms with van der Waals surface area (Å²) in [7, 11) is 0. The Morgan fingerprint density at radius 3 is 2.32 bits per heavy atom. The fraction of sp³-hybridized carbons (Fsp3) is 0.588. The van der Waals surface area contributed by atoms with Crippen molar-refractivity contribution >= 4 is 29.2 Å². The smallest absolute Gasteiger partial charge is 0.317 e. The van der Waals surface area contributed by atoms with E-state index in [-0.39, 0.29) is 24.4 Å². The zero-order chi connectivity index (χ0) is 17.6. The first-order valence-electron chi connectivity index (χ1n) is 8.77. The summed E-state index contributed by atoms with van der Waals surface area (Å²) in [5.41, 5.74) is 0.708. The number of carbonyl (C=O) groups is 3. The maximum atomic E-state index is 12.4. The van der Waals surface area contributed by atoms with Gasteiger partial charge in [0.2, 0.25) is 5.91 Å². The van der Waals surface area contributed by atoms with Gasteiger partial charge in [0.25, 0.3) is 5.91 Å². The molecule has 0 saturated carbocycles. The van der Waals surface area contributed by atoms with E-state index in [1.54, 1.807) is 14.7 Å². The van der Waals surface area contributed by atoms with Gasteiger partial charge in [-0.25, -0.2) is 4.79 Å². The molecule has 136 valence electrons. The minimum absolute atomic E-state index is 0.0186. The van der Waals surface area contributed by atoms with Crippen molar-refractivity contribution in [1.82, 2.24) is 20.0 Å². The Morgan fingerprint density at radius 1 is 0.920 bits per heavy atom. The van der Waals surface area contributed by atoms with E-state index in [4.69, 9.17) is 0 Å². The van der Waals surface area contributed by atoms with E-state index in [9.17, 15) is 14.4 Å². The Bertz CT molecular complexity index is 613. The van der Waals surface area contributed by atoms with E-state index in [0.717, 1.165) is 32.4 Å². The molecule has 0 aliphatic carbocycles. The number of likely N-dealkylation sites (tertiary alicyclic amines) is 1. The highest BCUT2D eigenvalue weighted by atomic mass is 32.1. The summed E-state index contributed by atoms with van der Waals surface area (Å²) >= 11 is 1.50. The first-order chi connectivity index (χ1) is 12.1. The fourth-order valence-electron chi connectivity index (χ4n) is 3.23. The summed E-state index contributed by atoms with van der Waals surface area (Å²) in [4.78, 5) is 42.0. The lowest BCUT2D eigenvalue weighted by molar-refractivity contribution is -0.129. The third kappa shape index (κ3) is 4.50. The van der Waals surface area contributed by atoms with Crippen molar-refractivity contribution in [3.8, 4) is 0 Å². The van der Waals surface area contributed by atoms with Gasteiger partial charge in [0.05, 0.1) is 12.1 Å². The first-order valence-corrected chi connectivity index (χ1v) is 9.71. The molecular formula is C17H24N4O3S. The predicted octanol–water partition coefficient (Wildman–Crippen LogP) is 1.23. The Hall–Kier alpha value is -2.09. The maximum absolute atomic E-state index is 12.4. The highest BCUT2D eigenvalue weighted by molar-refractivity contribution is 7.08. The number of hydrogen-bond donors (Lipinski definition) is 1. The molecule has 3 heterocycles. The SMILES string of the molecule is O=C(CNC(=O)N1CCCN(C(=O)c2ccsc2)CC1)N1CCCC1. The average molecular weight is 364 g/mol. The average Bonchev–Trinajstić information content (AvgIpc) is 3.29. The molecule has 2 aliphatic rings. The zero-order valence-corrected chi connectivity index (χ0v) is 15.1. The quantitative estimate of drug-likeness (QED) is 0.877. The third-order valence-electron chi connectivity index (χ3n) is 4.69. The van der Waals surface area contributed by atoms with Crippen LogP contribution in [0.15, 0.2) is 16.8 Å². The van der Waals surface area contributed by atoms with Gasteiger partial charge in [0.1, 0.15) is 0 Å². The molecule has 3 rings (SSSR count). The number of hydrogen-bond acceptors (Lipinski definition) is 4. The number of amides is 4. The number of thiophene rings is 1. The zero-order valence-electron chi connectivity index (χ0n) is 14.3. The van der Waals surface area contributed by atoms with E-state index in [1.165, 1.54) is 11.3 Å². The van der Waals surface area contributed by atoms with Crippen LogP contribution < -0.4 is 5.32 Å². The molecule has 2 fully saturated rings. The van der Waals surface area contributed by atoms with Crippen LogP contribution in [0.25, 0.3) is 0 Å². The van der Waals surface area contributed by atoms with Gasteiger partial charge in [-0.15, -0.1) is 0 Å². The van der Waals surface area contributed by atoms with Crippen molar-refractivity contribution in [3.05, 3.63) is 22.4 Å². The monoisotopic (exact) mass is 364 g/mol. The molecule has 7 nitrogen and oxygen atoms in total. The normalized spacial score (nSPS) is 18.2. The van der Waals surface area contributed by atoms with Gasteiger partial charge < -0.3 is 20.0 Å². The number of urea groups is 1. The molecule has 1 N–H and O–H groups in total. The van der Waals surface area contributed by atoms with Crippen LogP contribution in [-0.4, -0.2) is 78.4 Å². The molecule has 1 aromatic heterocycles. The number of nitrogens with zero attached hydrogens (tertiary/aromatic N) is 3. The Kier molecular flexibility index (Phi) is 5.91. The second kappa shape index (κ2) is 8.33. The van der Waals surface area contributed by atoms with E-state index in [2.05, 4.69) is 5.32 Å². The lowest BCUT2D eigenvalue weighted by atomic mass is 10.3. The van der Waals surface area contributed by atoms with Crippen LogP contribution in [0.5, 0.6) is 0 Å². The Balaban J connectivity index is 1.46. The second-order valence-corrected chi connectivity index (χ2v) is 7.17. The van der Waals surface area contributed by atoms with E-state index in [0.29, 0.717) is 31.7 Å². The molecule has 0 bridgehead atoms. The van der Waals surface area contributed by atoms with Gasteiger partial charge in [-0.05, 0) is 30.7 Å². The summed E-state index contributed by atoms with van der Waals surface area (Å²) in [6.45, 7) is 3.87. The van der Waals surface area contributed by atoms with E-state index < -0.39 is 0 Å². The van der Waals surface area contributed by atoms with Crippen molar-refractivity contribution in [2.24, 2.45) is 0 Å². The van der Waals surface area contributed by atoms with Crippen LogP contribution in [0, 0.1) is 0 Å². The summed E-state index contributed by atoms with van der Waals surface area (Å²) < 4.78 is 0. The molecule has 0 radical (unpaired) electrons. The summed E-state index contributed by atoms with van der Waals surface area (Å²) in [6, 6.07) is 1.60. The van der Waals surface area contributed by atoms with Crippen LogP contribution in [-0.2, 0) is 4.79 Å². The molecule has 4 amide bonds. The lowest BCUT2D eigenvalue weighted by Crippen LogP contribution is -2.46. The topological polar surface area (TPSA) is 73.0 Å². The van der Waals surface area contributed by atoms with Crippen LogP contribution in [0.3, 0.4) is 0 Å². The molecule has 25 heavy (non-hydrogen) atoms. The highest BCUT2D eigenvalue weighted by Gasteiger charge is 2.24. The number of carbonyl (C=O) groups excluding carboxylic acids is 3. The van der Waals surface area contributed by atoms with Crippen LogP contribution >= 0.6 is 11.3 Å². The van der Waals surface area contributed by atoms with E-state index in [1.807, 2.05) is 16.8 Å². The van der Waals surface area contributed by atoms with Gasteiger partial charge in [0, 0.05) is 44.6 Å². The van der Waals surface area contributed by atoms with Crippen molar-refractivity contribution in [2.45, 2.75) is 19.3 Å². The third-order valence-corrected chi connectivity index (χ3v) is 5.37. The van der Waals surface area contributed by atoms with Crippen LogP contribution in [0.1, 0.15) is 29.6 Å². The van der Waals surface area contributed by atoms with Gasteiger partial charge in [-0.2, -0.15) is 11.3 Å². The van der Waals surface area contributed by atoms with Gasteiger partial charge in [-0.1, -0.05) is 0 Å². The molecule has 0 atom stereocenters. The highest BCUT2D eigenvalue weighted by Crippen LogP contribution is 2.12. The lowest BCUT2D eigenvalue weighted by Gasteiger charge is -2.23. The van der Waals surface area contributed by atoms with Crippen molar-refractivity contribution in [3.63, 3.8) is 0 Å². The van der Waals surface area contributed by atoms with Gasteiger partial charge in [-0.3, -0.25) is 9.59 Å². The molecule has 2 saturated heterocycles. The molecule has 8 heteroatoms. The summed E-state index contributed by atoms with van der Waals surface area (Å²) in [5.74, 6) is 0.00246. The standard InChI is InChI=1S/C17H24N4O3S/c22-15(19-5-1-2-6-19)12-18-17(24)21-8-3-7-20(9-10-21)16(23)14-4-11-25-13-14/h4,11,13H,1-3,5-10,12H2,(H,18,24). The fourth-order valence-corrected chi connectivity index (χ4v) is 3.86. The Morgan fingerprint density at radius 2 is 1.60 bits per heavy atom. The van der Waals surface area contributed by atoms with Crippen molar-refractivity contribution in [2.75, 3.05) is 45.8 Å².